The SMILES string of the molecule is CN[C@@H]1C[C@H](C(=O)O)CN1C(=O)OC(C)(C)C.Cl. The summed E-state index contributed by atoms with van der Waals surface area (Å²) in [7, 11) is 1.70. The Morgan fingerprint density at radius 2 is 1.94 bits per heavy atom. The Morgan fingerprint density at radius 1 is 1.39 bits per heavy atom. The van der Waals surface area contributed by atoms with E-state index in [4.69, 9.17) is 9.84 Å². The summed E-state index contributed by atoms with van der Waals surface area (Å²) in [6.07, 6.45) is -0.336. The molecule has 1 fully saturated rings. The van der Waals surface area contributed by atoms with Crippen LogP contribution < -0.4 is 5.32 Å². The normalized spacial score (nSPS) is 23.4. The highest BCUT2D eigenvalue weighted by Crippen LogP contribution is 2.23. The van der Waals surface area contributed by atoms with Gasteiger partial charge in [0.15, 0.2) is 0 Å². The molecule has 1 heterocycles. The van der Waals surface area contributed by atoms with Crippen LogP contribution in [0.3, 0.4) is 0 Å². The average Bonchev–Trinajstić information content (AvgIpc) is 2.58. The number of nitrogens with one attached hydrogen (secondary N) is 1. The minimum Gasteiger partial charge on any atom is -0.481 e. The number of carboxylic acid groups (broad SMARTS) is 1. The maximum Gasteiger partial charge on any atom is 0.411 e. The predicted octanol–water partition coefficient (Wildman–Crippen LogP) is 1.30. The summed E-state index contributed by atoms with van der Waals surface area (Å²) in [5.74, 6) is -1.41. The zero-order valence-electron chi connectivity index (χ0n) is 11.1. The van der Waals surface area contributed by atoms with Gasteiger partial charge in [-0.25, -0.2) is 4.79 Å². The predicted molar refractivity (Wildman–Crippen MR) is 68.8 cm³/mol. The summed E-state index contributed by atoms with van der Waals surface area (Å²) >= 11 is 0. The highest BCUT2D eigenvalue weighted by atomic mass is 35.5. The van der Waals surface area contributed by atoms with Gasteiger partial charge in [0, 0.05) is 6.54 Å². The van der Waals surface area contributed by atoms with E-state index in [1.54, 1.807) is 27.8 Å². The van der Waals surface area contributed by atoms with Crippen LogP contribution in [0.25, 0.3) is 0 Å². The van der Waals surface area contributed by atoms with Crippen LogP contribution in [-0.2, 0) is 9.53 Å². The van der Waals surface area contributed by atoms with E-state index >= 15 is 0 Å². The third kappa shape index (κ3) is 4.34. The molecule has 1 rings (SSSR count). The van der Waals surface area contributed by atoms with Crippen LogP contribution in [-0.4, -0.2) is 47.4 Å². The molecule has 0 aliphatic carbocycles. The Balaban J connectivity index is 0.00000289. The summed E-state index contributed by atoms with van der Waals surface area (Å²) in [6.45, 7) is 5.54. The fraction of sp³-hybridized carbons (Fsp3) is 0.818. The van der Waals surface area contributed by atoms with E-state index in [1.807, 2.05) is 0 Å². The van der Waals surface area contributed by atoms with Gasteiger partial charge >= 0.3 is 12.1 Å². The number of carbonyl (C=O) groups is 2. The van der Waals surface area contributed by atoms with Gasteiger partial charge in [0.2, 0.25) is 0 Å². The second-order valence-corrected chi connectivity index (χ2v) is 5.21. The molecule has 106 valence electrons. The Bertz CT molecular complexity index is 317. The highest BCUT2D eigenvalue weighted by molar-refractivity contribution is 5.85. The molecule has 0 radical (unpaired) electrons. The second kappa shape index (κ2) is 6.24. The van der Waals surface area contributed by atoms with Crippen molar-refractivity contribution in [2.24, 2.45) is 5.92 Å². The third-order valence-corrected chi connectivity index (χ3v) is 2.61. The topological polar surface area (TPSA) is 78.9 Å². The molecule has 2 N–H and O–H groups in total. The molecule has 1 saturated heterocycles. The number of carboxylic acids is 1. The Morgan fingerprint density at radius 3 is 2.33 bits per heavy atom. The molecule has 1 amide bonds. The van der Waals surface area contributed by atoms with Crippen molar-refractivity contribution >= 4 is 24.5 Å². The molecule has 0 bridgehead atoms. The van der Waals surface area contributed by atoms with Crippen LogP contribution in [0.1, 0.15) is 27.2 Å². The fourth-order valence-electron chi connectivity index (χ4n) is 1.81. The van der Waals surface area contributed by atoms with E-state index < -0.39 is 23.6 Å². The van der Waals surface area contributed by atoms with Gasteiger partial charge < -0.3 is 15.2 Å². The van der Waals surface area contributed by atoms with Gasteiger partial charge in [-0.05, 0) is 34.2 Å². The van der Waals surface area contributed by atoms with Crippen LogP contribution >= 0.6 is 12.4 Å². The lowest BCUT2D eigenvalue weighted by atomic mass is 10.1. The molecule has 18 heavy (non-hydrogen) atoms. The highest BCUT2D eigenvalue weighted by Gasteiger charge is 2.39. The van der Waals surface area contributed by atoms with Crippen molar-refractivity contribution in [3.63, 3.8) is 0 Å². The first-order valence-corrected chi connectivity index (χ1v) is 5.64. The van der Waals surface area contributed by atoms with E-state index in [0.717, 1.165) is 0 Å². The largest absolute Gasteiger partial charge is 0.481 e. The van der Waals surface area contributed by atoms with E-state index in [9.17, 15) is 9.59 Å². The monoisotopic (exact) mass is 280 g/mol. The van der Waals surface area contributed by atoms with Gasteiger partial charge in [0.1, 0.15) is 5.60 Å². The first-order valence-electron chi connectivity index (χ1n) is 5.64. The standard InChI is InChI=1S/C11H20N2O4.ClH/c1-11(2,3)17-10(16)13-6-7(9(14)15)5-8(13)12-4;/h7-8,12H,5-6H2,1-4H3,(H,14,15);1H/t7-,8-;/m0./s1. The molecule has 0 aromatic heterocycles. The second-order valence-electron chi connectivity index (χ2n) is 5.21. The first-order chi connectivity index (χ1) is 7.74. The quantitative estimate of drug-likeness (QED) is 0.797. The number of halogens is 1. The van der Waals surface area contributed by atoms with Crippen molar-refractivity contribution < 1.29 is 19.4 Å². The molecule has 0 unspecified atom stereocenters. The summed E-state index contributed by atoms with van der Waals surface area (Å²) < 4.78 is 5.24. The van der Waals surface area contributed by atoms with E-state index in [1.165, 1.54) is 4.90 Å². The first kappa shape index (κ1) is 17.0. The van der Waals surface area contributed by atoms with E-state index in [-0.39, 0.29) is 25.1 Å². The molecular weight excluding hydrogens is 260 g/mol. The van der Waals surface area contributed by atoms with Crippen LogP contribution in [0.15, 0.2) is 0 Å². The minimum atomic E-state index is -0.878. The van der Waals surface area contributed by atoms with Crippen LogP contribution in [0.5, 0.6) is 0 Å². The molecule has 0 saturated carbocycles. The summed E-state index contributed by atoms with van der Waals surface area (Å²) in [5.41, 5.74) is -0.573. The van der Waals surface area contributed by atoms with Crippen molar-refractivity contribution in [3.8, 4) is 0 Å². The van der Waals surface area contributed by atoms with E-state index in [2.05, 4.69) is 5.32 Å². The maximum absolute atomic E-state index is 11.9. The van der Waals surface area contributed by atoms with Crippen molar-refractivity contribution in [1.29, 1.82) is 0 Å². The van der Waals surface area contributed by atoms with Crippen molar-refractivity contribution in [2.75, 3.05) is 13.6 Å². The maximum atomic E-state index is 11.9. The van der Waals surface area contributed by atoms with E-state index in [0.29, 0.717) is 6.42 Å². The number of ether oxygens (including phenoxy) is 1. The summed E-state index contributed by atoms with van der Waals surface area (Å²) in [6, 6.07) is 0. The summed E-state index contributed by atoms with van der Waals surface area (Å²) in [4.78, 5) is 24.2. The molecule has 1 aliphatic rings. The molecule has 2 atom stereocenters. The lowest BCUT2D eigenvalue weighted by Crippen LogP contribution is -2.45. The molecule has 0 aromatic rings. The van der Waals surface area contributed by atoms with Gasteiger partial charge in [-0.1, -0.05) is 0 Å². The van der Waals surface area contributed by atoms with Gasteiger partial charge in [0.05, 0.1) is 12.1 Å². The third-order valence-electron chi connectivity index (χ3n) is 2.61. The lowest BCUT2D eigenvalue weighted by molar-refractivity contribution is -0.141. The van der Waals surface area contributed by atoms with Crippen LogP contribution in [0, 0.1) is 5.92 Å². The molecule has 7 heteroatoms. The van der Waals surface area contributed by atoms with Crippen LogP contribution in [0.2, 0.25) is 0 Å². The number of amides is 1. The number of carbonyl (C=O) groups excluding carboxylic acids is 1. The molecule has 6 nitrogen and oxygen atoms in total. The average molecular weight is 281 g/mol. The van der Waals surface area contributed by atoms with Gasteiger partial charge in [-0.2, -0.15) is 0 Å². The van der Waals surface area contributed by atoms with Crippen molar-refractivity contribution in [3.05, 3.63) is 0 Å². The molecule has 1 aliphatic heterocycles. The zero-order valence-corrected chi connectivity index (χ0v) is 11.9. The van der Waals surface area contributed by atoms with Gasteiger partial charge in [0.25, 0.3) is 0 Å². The number of hydrogen-bond acceptors (Lipinski definition) is 4. The number of hydrogen-bond donors (Lipinski definition) is 2. The van der Waals surface area contributed by atoms with Crippen molar-refractivity contribution in [1.82, 2.24) is 10.2 Å². The molecular formula is C11H21ClN2O4. The number of aliphatic carboxylic acids is 1. The zero-order chi connectivity index (χ0) is 13.2. The molecule has 0 spiro atoms. The Hall–Kier alpha value is -1.01. The van der Waals surface area contributed by atoms with Crippen LogP contribution in [0.4, 0.5) is 4.79 Å². The van der Waals surface area contributed by atoms with Crippen molar-refractivity contribution in [2.45, 2.75) is 39.0 Å². The Kier molecular flexibility index (Phi) is 5.89. The smallest absolute Gasteiger partial charge is 0.411 e. The van der Waals surface area contributed by atoms with Gasteiger partial charge in [-0.15, -0.1) is 12.4 Å². The number of nitrogens with zero attached hydrogens (tertiary/aromatic N) is 1. The lowest BCUT2D eigenvalue weighted by Gasteiger charge is -2.28. The summed E-state index contributed by atoms with van der Waals surface area (Å²) in [5, 5.41) is 11.9. The number of rotatable bonds is 2. The molecule has 0 aromatic carbocycles. The fourth-order valence-corrected chi connectivity index (χ4v) is 1.81. The number of likely N-dealkylation sites (tertiary alicyclic amines) is 1. The minimum absolute atomic E-state index is 0. The Labute approximate surface area is 113 Å². The van der Waals surface area contributed by atoms with Gasteiger partial charge in [-0.3, -0.25) is 9.69 Å².